The molecular formula is C30H36FN7O2. The number of nitrogens with one attached hydrogen (secondary N) is 2. The fourth-order valence-electron chi connectivity index (χ4n) is 4.70. The molecule has 0 radical (unpaired) electrons. The third-order valence-electron chi connectivity index (χ3n) is 6.70. The number of hydrogen-bond donors (Lipinski definition) is 2. The number of benzene rings is 2. The molecule has 2 aromatic carbocycles. The van der Waals surface area contributed by atoms with Gasteiger partial charge in [0.15, 0.2) is 5.82 Å². The number of nitrogens with zero attached hydrogens (tertiary/aromatic N) is 5. The minimum Gasteiger partial charge on any atom is -0.457 e. The van der Waals surface area contributed by atoms with Crippen LogP contribution in [0.1, 0.15) is 37.1 Å². The lowest BCUT2D eigenvalue weighted by molar-refractivity contribution is -0.0479. The maximum absolute atomic E-state index is 14.0. The molecule has 3 unspecified atom stereocenters. The van der Waals surface area contributed by atoms with Crippen LogP contribution in [-0.2, 0) is 4.74 Å². The Kier molecular flexibility index (Phi) is 8.37. The number of halogens is 1. The number of likely N-dealkylation sites (tertiary alicyclic amines) is 1. The molecule has 3 aromatic rings. The second-order valence-electron chi connectivity index (χ2n) is 10.7. The summed E-state index contributed by atoms with van der Waals surface area (Å²) in [7, 11) is 1.89. The summed E-state index contributed by atoms with van der Waals surface area (Å²) in [4.78, 5) is 19.7. The van der Waals surface area contributed by atoms with E-state index >= 15 is 0 Å². The van der Waals surface area contributed by atoms with Gasteiger partial charge in [-0.3, -0.25) is 4.99 Å². The molecule has 3 heterocycles. The first-order chi connectivity index (χ1) is 19.2. The molecule has 9 nitrogen and oxygen atoms in total. The average molecular weight is 546 g/mol. The normalized spacial score (nSPS) is 20.9. The second-order valence-corrected chi connectivity index (χ2v) is 10.7. The average Bonchev–Trinajstić information content (AvgIpc) is 2.90. The van der Waals surface area contributed by atoms with Crippen molar-refractivity contribution in [3.05, 3.63) is 59.5 Å². The molecule has 1 aromatic heterocycles. The molecule has 210 valence electrons. The first-order valence-corrected chi connectivity index (χ1v) is 13.6. The molecule has 0 saturated carbocycles. The van der Waals surface area contributed by atoms with Gasteiger partial charge in [-0.15, -0.1) is 0 Å². The van der Waals surface area contributed by atoms with Crippen LogP contribution in [0.3, 0.4) is 0 Å². The first kappa shape index (κ1) is 27.7. The zero-order chi connectivity index (χ0) is 28.2. The van der Waals surface area contributed by atoms with Crippen LogP contribution >= 0.6 is 0 Å². The van der Waals surface area contributed by atoms with E-state index in [1.165, 1.54) is 6.33 Å². The number of aryl methyl sites for hydroxylation is 2. The Morgan fingerprint density at radius 2 is 1.98 bits per heavy atom. The first-order valence-electron chi connectivity index (χ1n) is 13.6. The van der Waals surface area contributed by atoms with Gasteiger partial charge in [-0.25, -0.2) is 19.4 Å². The number of piperidine rings is 1. The predicted molar refractivity (Wildman–Crippen MR) is 158 cm³/mol. The van der Waals surface area contributed by atoms with Crippen molar-refractivity contribution >= 4 is 35.3 Å². The molecule has 10 heteroatoms. The maximum atomic E-state index is 14.0. The molecule has 0 aliphatic carbocycles. The number of likely N-dealkylation sites (N-methyl/N-ethyl adjacent to an activating group) is 1. The summed E-state index contributed by atoms with van der Waals surface area (Å²) in [6.45, 7) is 9.31. The van der Waals surface area contributed by atoms with E-state index in [1.54, 1.807) is 6.21 Å². The highest BCUT2D eigenvalue weighted by Crippen LogP contribution is 2.33. The van der Waals surface area contributed by atoms with Gasteiger partial charge >= 0.3 is 0 Å². The van der Waals surface area contributed by atoms with Gasteiger partial charge in [0.1, 0.15) is 35.4 Å². The van der Waals surface area contributed by atoms with Crippen LogP contribution in [-0.4, -0.2) is 66.1 Å². The molecule has 1 saturated heterocycles. The Labute approximate surface area is 234 Å². The summed E-state index contributed by atoms with van der Waals surface area (Å²) in [6, 6.07) is 11.8. The molecule has 0 amide bonds. The third-order valence-corrected chi connectivity index (χ3v) is 6.70. The topological polar surface area (TPSA) is 96.3 Å². The van der Waals surface area contributed by atoms with Gasteiger partial charge in [0.25, 0.3) is 0 Å². The van der Waals surface area contributed by atoms with Crippen molar-refractivity contribution in [2.24, 2.45) is 15.9 Å². The number of anilines is 3. The number of aliphatic imine (C=N–C) groups is 2. The Balaban J connectivity index is 1.28. The van der Waals surface area contributed by atoms with Crippen LogP contribution in [0.5, 0.6) is 11.5 Å². The van der Waals surface area contributed by atoms with E-state index in [-0.39, 0.29) is 6.10 Å². The molecule has 2 N–H and O–H groups in total. The van der Waals surface area contributed by atoms with Gasteiger partial charge < -0.3 is 25.0 Å². The Hall–Kier alpha value is -3.89. The predicted octanol–water partition coefficient (Wildman–Crippen LogP) is 6.17. The van der Waals surface area contributed by atoms with E-state index in [0.717, 1.165) is 34.0 Å². The van der Waals surface area contributed by atoms with Crippen molar-refractivity contribution in [3.8, 4) is 11.5 Å². The molecule has 40 heavy (non-hydrogen) atoms. The molecule has 0 spiro atoms. The standard InChI is InChI=1S/C30H36FN7O2/c1-18(2)13-32-25-12-23(8-6-19(25)3)39-27-9-7-22(10-20(27)4)36-29-28-26(34-17-35-29)14-33-30(37-28)40-24-11-21(31)15-38(5)16-24/h6-10,12-14,17-18,21,24,30,37H,11,15-16H2,1-5H3,(H,34,35,36). The Morgan fingerprint density at radius 1 is 1.12 bits per heavy atom. The number of rotatable bonds is 8. The van der Waals surface area contributed by atoms with E-state index in [4.69, 9.17) is 9.47 Å². The smallest absolute Gasteiger partial charge is 0.226 e. The molecule has 5 rings (SSSR count). The number of fused-ring (bicyclic) bond motifs is 1. The second kappa shape index (κ2) is 12.1. The van der Waals surface area contributed by atoms with Crippen LogP contribution in [0.15, 0.2) is 52.7 Å². The molecule has 1 fully saturated rings. The van der Waals surface area contributed by atoms with E-state index in [2.05, 4.69) is 44.4 Å². The monoisotopic (exact) mass is 545 g/mol. The minimum atomic E-state index is -0.911. The zero-order valence-electron chi connectivity index (χ0n) is 23.6. The molecule has 2 aliphatic heterocycles. The molecule has 0 bridgehead atoms. The van der Waals surface area contributed by atoms with Gasteiger partial charge in [0, 0.05) is 37.5 Å². The van der Waals surface area contributed by atoms with Crippen LogP contribution in [0.4, 0.5) is 27.3 Å². The lowest BCUT2D eigenvalue weighted by Crippen LogP contribution is -2.45. The number of alkyl halides is 1. The highest BCUT2D eigenvalue weighted by atomic mass is 19.1. The van der Waals surface area contributed by atoms with Gasteiger partial charge in [0.05, 0.1) is 18.0 Å². The van der Waals surface area contributed by atoms with Crippen molar-refractivity contribution in [2.75, 3.05) is 30.8 Å². The zero-order valence-corrected chi connectivity index (χ0v) is 23.6. The highest BCUT2D eigenvalue weighted by Gasteiger charge is 2.29. The van der Waals surface area contributed by atoms with Crippen molar-refractivity contribution in [2.45, 2.75) is 52.7 Å². The fraction of sp³-hybridized carbons (Fsp3) is 0.400. The van der Waals surface area contributed by atoms with Gasteiger partial charge in [-0.1, -0.05) is 19.9 Å². The van der Waals surface area contributed by atoms with Gasteiger partial charge in [-0.2, -0.15) is 0 Å². The molecule has 2 aliphatic rings. The Morgan fingerprint density at radius 3 is 2.75 bits per heavy atom. The van der Waals surface area contributed by atoms with Crippen LogP contribution in [0.2, 0.25) is 0 Å². The van der Waals surface area contributed by atoms with Crippen LogP contribution in [0, 0.1) is 19.8 Å². The third kappa shape index (κ3) is 6.81. The van der Waals surface area contributed by atoms with E-state index < -0.39 is 12.5 Å². The molecular weight excluding hydrogens is 509 g/mol. The number of ether oxygens (including phenoxy) is 2. The largest absolute Gasteiger partial charge is 0.457 e. The van der Waals surface area contributed by atoms with Crippen molar-refractivity contribution < 1.29 is 13.9 Å². The van der Waals surface area contributed by atoms with Gasteiger partial charge in [-0.05, 0) is 62.2 Å². The van der Waals surface area contributed by atoms with Crippen molar-refractivity contribution in [1.29, 1.82) is 0 Å². The van der Waals surface area contributed by atoms with Crippen LogP contribution in [0.25, 0.3) is 0 Å². The Bertz CT molecular complexity index is 1400. The summed E-state index contributed by atoms with van der Waals surface area (Å²) in [5.41, 5.74) is 5.11. The van der Waals surface area contributed by atoms with Crippen molar-refractivity contribution in [1.82, 2.24) is 14.9 Å². The SMILES string of the molecule is Cc1ccc(Oc2ccc(Nc3ncnc4c3NC(OC3CC(F)CN(C)C3)N=C4)cc2C)cc1N=CC(C)C. The maximum Gasteiger partial charge on any atom is 0.226 e. The number of aromatic nitrogens is 2. The number of hydrogen-bond acceptors (Lipinski definition) is 9. The molecule has 3 atom stereocenters. The quantitative estimate of drug-likeness (QED) is 0.327. The summed E-state index contributed by atoms with van der Waals surface area (Å²) >= 11 is 0. The van der Waals surface area contributed by atoms with Gasteiger partial charge in [0.2, 0.25) is 6.35 Å². The minimum absolute atomic E-state index is 0.257. The van der Waals surface area contributed by atoms with E-state index in [9.17, 15) is 4.39 Å². The lowest BCUT2D eigenvalue weighted by atomic mass is 10.1. The van der Waals surface area contributed by atoms with E-state index in [1.807, 2.05) is 68.4 Å². The fourth-order valence-corrected chi connectivity index (χ4v) is 4.70. The summed E-state index contributed by atoms with van der Waals surface area (Å²) in [5.74, 6) is 2.44. The van der Waals surface area contributed by atoms with E-state index in [0.29, 0.717) is 42.6 Å². The summed E-state index contributed by atoms with van der Waals surface area (Å²) in [5, 5.41) is 6.64. The van der Waals surface area contributed by atoms with Crippen molar-refractivity contribution in [3.63, 3.8) is 0 Å². The van der Waals surface area contributed by atoms with Crippen LogP contribution < -0.4 is 15.4 Å². The highest BCUT2D eigenvalue weighted by molar-refractivity contribution is 5.92. The summed E-state index contributed by atoms with van der Waals surface area (Å²) < 4.78 is 26.3. The summed E-state index contributed by atoms with van der Waals surface area (Å²) in [6.07, 6.45) is 3.62. The lowest BCUT2D eigenvalue weighted by Gasteiger charge is -2.34.